The lowest BCUT2D eigenvalue weighted by molar-refractivity contribution is 0.934. The summed E-state index contributed by atoms with van der Waals surface area (Å²) in [5.41, 5.74) is 17.1. The first-order chi connectivity index (χ1) is 32.8. The Morgan fingerprint density at radius 2 is 0.667 bits per heavy atom. The van der Waals surface area contributed by atoms with E-state index in [1.54, 1.807) is 0 Å². The second kappa shape index (κ2) is 15.1. The highest BCUT2D eigenvalue weighted by Crippen LogP contribution is 2.59. The van der Waals surface area contributed by atoms with Crippen LogP contribution in [0.5, 0.6) is 0 Å². The average molecular weight is 841 g/mol. The van der Waals surface area contributed by atoms with Crippen LogP contribution < -0.4 is 4.90 Å². The summed E-state index contributed by atoms with van der Waals surface area (Å²) < 4.78 is 4.90. The van der Waals surface area contributed by atoms with Crippen molar-refractivity contribution in [1.29, 1.82) is 5.26 Å². The number of aromatic nitrogens is 2. The van der Waals surface area contributed by atoms with Crippen LogP contribution in [0.25, 0.3) is 77.2 Å². The molecule has 0 spiro atoms. The van der Waals surface area contributed by atoms with Crippen LogP contribution >= 0.6 is 0 Å². The molecule has 1 aliphatic rings. The minimum absolute atomic E-state index is 0.0243. The Morgan fingerprint density at radius 1 is 0.333 bits per heavy atom. The first-order valence-corrected chi connectivity index (χ1v) is 22.5. The summed E-state index contributed by atoms with van der Waals surface area (Å²) in [5.74, 6) is -0.0243. The number of para-hydroxylation sites is 6. The molecule has 0 bridgehead atoms. The molecule has 0 amide bonds. The zero-order valence-corrected chi connectivity index (χ0v) is 35.9. The number of nitrogens with zero attached hydrogens (tertiary/aromatic N) is 4. The number of fused-ring (bicyclic) bond motifs is 8. The summed E-state index contributed by atoms with van der Waals surface area (Å²) in [6, 6.07) is 87.6. The second-order valence-electron chi connectivity index (χ2n) is 17.1. The number of benzene rings is 10. The molecule has 0 saturated carbocycles. The molecule has 66 heavy (non-hydrogen) atoms. The standard InChI is InChI=1S/C62H40N4/c63-40-50-58(42-24-6-2-7-25-42)60(64-51-34-16-10-28-44(51)45-29-11-17-35-52(45)64)62(66-55-38-20-14-32-48(55)57(41-22-4-1-5-23-41)49-33-15-21-39-56(49)66)61(59(50)43-26-8-3-9-27-43)65-53-36-18-12-30-46(53)47-31-13-19-37-54(47)65/h1-39,57H. The topological polar surface area (TPSA) is 36.9 Å². The lowest BCUT2D eigenvalue weighted by Crippen LogP contribution is -2.25. The van der Waals surface area contributed by atoms with Crippen molar-refractivity contribution in [3.8, 4) is 39.7 Å². The maximum atomic E-state index is 12.1. The number of nitriles is 1. The van der Waals surface area contributed by atoms with Gasteiger partial charge in [-0.25, -0.2) is 0 Å². The van der Waals surface area contributed by atoms with Crippen LogP contribution in [0, 0.1) is 11.3 Å². The SMILES string of the molecule is N#Cc1c(-c2ccccc2)c(-n2c3ccccc3c3ccccc32)c(N2c3ccccc3C(c3ccccc3)c3ccccc32)c(-n2c3ccccc3c3ccccc32)c1-c1ccccc1. The molecular formula is C62H40N4. The Morgan fingerprint density at radius 3 is 1.06 bits per heavy atom. The molecular weight excluding hydrogens is 801 g/mol. The van der Waals surface area contributed by atoms with E-state index in [2.05, 4.69) is 257 Å². The molecule has 10 aromatic carbocycles. The van der Waals surface area contributed by atoms with E-state index in [0.717, 1.165) is 94.3 Å². The van der Waals surface area contributed by atoms with Crippen molar-refractivity contribution in [1.82, 2.24) is 9.13 Å². The molecule has 12 aromatic rings. The fourth-order valence-electron chi connectivity index (χ4n) is 11.0. The van der Waals surface area contributed by atoms with E-state index in [-0.39, 0.29) is 5.92 Å². The summed E-state index contributed by atoms with van der Waals surface area (Å²) in [4.78, 5) is 2.53. The molecule has 0 unspecified atom stereocenters. The molecule has 4 heteroatoms. The van der Waals surface area contributed by atoms with Gasteiger partial charge in [-0.15, -0.1) is 0 Å². The van der Waals surface area contributed by atoms with E-state index in [1.807, 2.05) is 0 Å². The van der Waals surface area contributed by atoms with Crippen molar-refractivity contribution < 1.29 is 0 Å². The summed E-state index contributed by atoms with van der Waals surface area (Å²) >= 11 is 0. The van der Waals surface area contributed by atoms with Crippen LogP contribution in [0.3, 0.4) is 0 Å². The number of hydrogen-bond donors (Lipinski definition) is 0. The monoisotopic (exact) mass is 840 g/mol. The van der Waals surface area contributed by atoms with E-state index in [4.69, 9.17) is 0 Å². The number of hydrogen-bond acceptors (Lipinski definition) is 2. The molecule has 0 fully saturated rings. The third-order valence-corrected chi connectivity index (χ3v) is 13.6. The highest BCUT2D eigenvalue weighted by atomic mass is 15.2. The Bertz CT molecular complexity index is 3560. The van der Waals surface area contributed by atoms with Gasteiger partial charge in [-0.05, 0) is 64.2 Å². The van der Waals surface area contributed by atoms with Gasteiger partial charge in [0.15, 0.2) is 0 Å². The van der Waals surface area contributed by atoms with Gasteiger partial charge in [0.05, 0.1) is 56.1 Å². The fourth-order valence-corrected chi connectivity index (χ4v) is 11.0. The molecule has 13 rings (SSSR count). The van der Waals surface area contributed by atoms with Gasteiger partial charge in [-0.1, -0.05) is 200 Å². The van der Waals surface area contributed by atoms with Crippen molar-refractivity contribution in [3.63, 3.8) is 0 Å². The summed E-state index contributed by atoms with van der Waals surface area (Å²) in [7, 11) is 0. The first-order valence-electron chi connectivity index (χ1n) is 22.5. The lowest BCUT2D eigenvalue weighted by Gasteiger charge is -2.41. The normalized spacial score (nSPS) is 12.4. The number of rotatable bonds is 6. The van der Waals surface area contributed by atoms with E-state index in [9.17, 15) is 5.26 Å². The minimum atomic E-state index is -0.0243. The van der Waals surface area contributed by atoms with Crippen LogP contribution in [-0.2, 0) is 0 Å². The van der Waals surface area contributed by atoms with Crippen LogP contribution in [0.1, 0.15) is 28.2 Å². The zero-order chi connectivity index (χ0) is 43.7. The van der Waals surface area contributed by atoms with Gasteiger partial charge in [0.2, 0.25) is 0 Å². The minimum Gasteiger partial charge on any atom is -0.306 e. The summed E-state index contributed by atoms with van der Waals surface area (Å²) in [6.07, 6.45) is 0. The Kier molecular flexibility index (Phi) is 8.62. The van der Waals surface area contributed by atoms with Gasteiger partial charge >= 0.3 is 0 Å². The zero-order valence-electron chi connectivity index (χ0n) is 35.9. The maximum Gasteiger partial charge on any atom is 0.101 e. The van der Waals surface area contributed by atoms with Gasteiger partial charge in [0.25, 0.3) is 0 Å². The molecule has 2 aromatic heterocycles. The maximum absolute atomic E-state index is 12.1. The van der Waals surface area contributed by atoms with E-state index < -0.39 is 0 Å². The van der Waals surface area contributed by atoms with Crippen molar-refractivity contribution in [2.24, 2.45) is 0 Å². The summed E-state index contributed by atoms with van der Waals surface area (Å²) in [5, 5.41) is 16.7. The van der Waals surface area contributed by atoms with Crippen LogP contribution in [0.2, 0.25) is 0 Å². The van der Waals surface area contributed by atoms with Gasteiger partial charge < -0.3 is 14.0 Å². The molecule has 0 atom stereocenters. The average Bonchev–Trinajstić information content (AvgIpc) is 3.90. The molecule has 4 nitrogen and oxygen atoms in total. The smallest absolute Gasteiger partial charge is 0.101 e. The first kappa shape index (κ1) is 37.6. The van der Waals surface area contributed by atoms with Crippen molar-refractivity contribution in [3.05, 3.63) is 259 Å². The molecule has 0 radical (unpaired) electrons. The summed E-state index contributed by atoms with van der Waals surface area (Å²) in [6.45, 7) is 0. The van der Waals surface area contributed by atoms with Gasteiger partial charge in [0, 0.05) is 38.6 Å². The van der Waals surface area contributed by atoms with Gasteiger partial charge in [-0.3, -0.25) is 0 Å². The van der Waals surface area contributed by atoms with E-state index in [1.165, 1.54) is 16.7 Å². The number of anilines is 3. The predicted octanol–water partition coefficient (Wildman–Crippen LogP) is 16.0. The Labute approximate surface area is 382 Å². The van der Waals surface area contributed by atoms with Gasteiger partial charge in [0.1, 0.15) is 6.07 Å². The molecule has 0 N–H and O–H groups in total. The molecule has 308 valence electrons. The predicted molar refractivity (Wildman–Crippen MR) is 273 cm³/mol. The van der Waals surface area contributed by atoms with E-state index >= 15 is 0 Å². The second-order valence-corrected chi connectivity index (χ2v) is 17.1. The Hall–Kier alpha value is -8.91. The van der Waals surface area contributed by atoms with Crippen molar-refractivity contribution in [2.45, 2.75) is 5.92 Å². The third kappa shape index (κ3) is 5.51. The highest BCUT2D eigenvalue weighted by molar-refractivity contribution is 6.16. The lowest BCUT2D eigenvalue weighted by atomic mass is 9.79. The molecule has 0 aliphatic carbocycles. The van der Waals surface area contributed by atoms with Crippen LogP contribution in [0.15, 0.2) is 237 Å². The Balaban J connectivity index is 1.35. The fraction of sp³-hybridized carbons (Fsp3) is 0.0161. The largest absolute Gasteiger partial charge is 0.306 e. The van der Waals surface area contributed by atoms with Crippen LogP contribution in [-0.4, -0.2) is 9.13 Å². The molecule has 1 aliphatic heterocycles. The van der Waals surface area contributed by atoms with Gasteiger partial charge in [-0.2, -0.15) is 5.26 Å². The van der Waals surface area contributed by atoms with Crippen molar-refractivity contribution in [2.75, 3.05) is 4.90 Å². The van der Waals surface area contributed by atoms with Crippen LogP contribution in [0.4, 0.5) is 17.1 Å². The highest BCUT2D eigenvalue weighted by Gasteiger charge is 2.39. The van der Waals surface area contributed by atoms with E-state index in [0.29, 0.717) is 5.56 Å². The molecule has 3 heterocycles. The van der Waals surface area contributed by atoms with Crippen molar-refractivity contribution >= 4 is 60.7 Å². The molecule has 0 saturated heterocycles. The third-order valence-electron chi connectivity index (χ3n) is 13.6. The quantitative estimate of drug-likeness (QED) is 0.167.